The van der Waals surface area contributed by atoms with E-state index in [2.05, 4.69) is 15.3 Å². The summed E-state index contributed by atoms with van der Waals surface area (Å²) in [6.45, 7) is 0.487. The van der Waals surface area contributed by atoms with E-state index in [1.807, 2.05) is 0 Å². The van der Waals surface area contributed by atoms with E-state index < -0.39 is 5.97 Å². The number of H-pyrrole nitrogens is 1. The molecular formula is C9H13N3O3. The molecule has 0 unspecified atom stereocenters. The Labute approximate surface area is 86.7 Å². The molecule has 1 heterocycles. The lowest BCUT2D eigenvalue weighted by Crippen LogP contribution is -2.26. The van der Waals surface area contributed by atoms with Gasteiger partial charge in [0.25, 0.3) is 0 Å². The molecule has 0 aliphatic heterocycles. The first-order chi connectivity index (χ1) is 7.18. The zero-order valence-electron chi connectivity index (χ0n) is 8.19. The van der Waals surface area contributed by atoms with Crippen LogP contribution in [0.1, 0.15) is 18.5 Å². The Bertz CT molecular complexity index is 321. The molecule has 82 valence electrons. The monoisotopic (exact) mass is 211 g/mol. The number of carbonyl (C=O) groups excluding carboxylic acids is 1. The second-order valence-corrected chi connectivity index (χ2v) is 3.07. The van der Waals surface area contributed by atoms with Gasteiger partial charge in [0.05, 0.1) is 12.7 Å². The van der Waals surface area contributed by atoms with Crippen LogP contribution in [-0.4, -0.2) is 33.5 Å². The van der Waals surface area contributed by atoms with Crippen LogP contribution in [0.3, 0.4) is 0 Å². The fourth-order valence-corrected chi connectivity index (χ4v) is 1.07. The number of imidazole rings is 1. The third-order valence-corrected chi connectivity index (χ3v) is 1.84. The maximum Gasteiger partial charge on any atom is 0.303 e. The number of hydrogen-bond acceptors (Lipinski definition) is 3. The lowest BCUT2D eigenvalue weighted by Gasteiger charge is -2.02. The maximum atomic E-state index is 11.1. The molecule has 0 radical (unpaired) electrons. The smallest absolute Gasteiger partial charge is 0.303 e. The highest BCUT2D eigenvalue weighted by Gasteiger charge is 2.04. The number of nitrogens with one attached hydrogen (secondary N) is 2. The topological polar surface area (TPSA) is 95.1 Å². The van der Waals surface area contributed by atoms with Gasteiger partial charge in [0.15, 0.2) is 0 Å². The van der Waals surface area contributed by atoms with Gasteiger partial charge in [-0.25, -0.2) is 4.98 Å². The van der Waals surface area contributed by atoms with Crippen LogP contribution in [0.5, 0.6) is 0 Å². The van der Waals surface area contributed by atoms with E-state index in [9.17, 15) is 9.59 Å². The Kier molecular flexibility index (Phi) is 4.33. The molecule has 3 N–H and O–H groups in total. The SMILES string of the molecule is O=C(O)CCC(=O)NCCc1cnc[nH]1. The molecule has 0 saturated heterocycles. The molecule has 1 amide bonds. The summed E-state index contributed by atoms with van der Waals surface area (Å²) in [6.07, 6.45) is 3.82. The minimum absolute atomic E-state index is 0.0261. The highest BCUT2D eigenvalue weighted by molar-refractivity contribution is 5.80. The predicted octanol–water partition coefficient (Wildman–Crippen LogP) is -0.0668. The molecule has 1 aromatic rings. The summed E-state index contributed by atoms with van der Waals surface area (Å²) in [4.78, 5) is 28.0. The van der Waals surface area contributed by atoms with E-state index in [1.165, 1.54) is 0 Å². The van der Waals surface area contributed by atoms with Gasteiger partial charge in [0.1, 0.15) is 0 Å². The van der Waals surface area contributed by atoms with Crippen molar-refractivity contribution in [1.82, 2.24) is 15.3 Å². The minimum atomic E-state index is -0.960. The van der Waals surface area contributed by atoms with Gasteiger partial charge in [-0.1, -0.05) is 0 Å². The first-order valence-electron chi connectivity index (χ1n) is 4.64. The average Bonchev–Trinajstić information content (AvgIpc) is 2.67. The minimum Gasteiger partial charge on any atom is -0.481 e. The highest BCUT2D eigenvalue weighted by atomic mass is 16.4. The summed E-state index contributed by atoms with van der Waals surface area (Å²) in [6, 6.07) is 0. The Morgan fingerprint density at radius 2 is 2.27 bits per heavy atom. The van der Waals surface area contributed by atoms with E-state index in [0.29, 0.717) is 13.0 Å². The van der Waals surface area contributed by atoms with Gasteiger partial charge in [-0.05, 0) is 0 Å². The van der Waals surface area contributed by atoms with Crippen LogP contribution in [0, 0.1) is 0 Å². The Hall–Kier alpha value is -1.85. The number of aromatic amines is 1. The first kappa shape index (κ1) is 11.2. The van der Waals surface area contributed by atoms with Crippen LogP contribution >= 0.6 is 0 Å². The van der Waals surface area contributed by atoms with Crippen LogP contribution < -0.4 is 5.32 Å². The number of amides is 1. The zero-order chi connectivity index (χ0) is 11.1. The summed E-state index contributed by atoms with van der Waals surface area (Å²) in [5.74, 6) is -1.20. The van der Waals surface area contributed by atoms with Crippen LogP contribution in [0.4, 0.5) is 0 Å². The number of carboxylic acids is 1. The number of hydrogen-bond donors (Lipinski definition) is 3. The number of aliphatic carboxylic acids is 1. The van der Waals surface area contributed by atoms with E-state index in [1.54, 1.807) is 12.5 Å². The Morgan fingerprint density at radius 3 is 2.87 bits per heavy atom. The van der Waals surface area contributed by atoms with Crippen molar-refractivity contribution in [3.05, 3.63) is 18.2 Å². The molecule has 1 rings (SSSR count). The lowest BCUT2D eigenvalue weighted by molar-refractivity contribution is -0.138. The normalized spacial score (nSPS) is 9.87. The Balaban J connectivity index is 2.09. The standard InChI is InChI=1S/C9H13N3O3/c13-8(1-2-9(14)15)11-4-3-7-5-10-6-12-7/h5-6H,1-4H2,(H,10,12)(H,11,13)(H,14,15). The van der Waals surface area contributed by atoms with Crippen molar-refractivity contribution in [2.45, 2.75) is 19.3 Å². The summed E-state index contributed by atoms with van der Waals surface area (Å²) in [5.41, 5.74) is 0.938. The second kappa shape index (κ2) is 5.79. The number of nitrogens with zero attached hydrogens (tertiary/aromatic N) is 1. The van der Waals surface area contributed by atoms with Gasteiger partial charge in [-0.2, -0.15) is 0 Å². The third-order valence-electron chi connectivity index (χ3n) is 1.84. The maximum absolute atomic E-state index is 11.1. The van der Waals surface area contributed by atoms with E-state index in [0.717, 1.165) is 5.69 Å². The number of carbonyl (C=O) groups is 2. The molecule has 0 aliphatic carbocycles. The summed E-state index contributed by atoms with van der Waals surface area (Å²) in [5, 5.41) is 11.0. The van der Waals surface area contributed by atoms with Gasteiger partial charge in [-0.3, -0.25) is 9.59 Å². The summed E-state index contributed by atoms with van der Waals surface area (Å²) in [7, 11) is 0. The van der Waals surface area contributed by atoms with Crippen molar-refractivity contribution in [2.24, 2.45) is 0 Å². The molecule has 0 bridgehead atoms. The molecule has 0 saturated carbocycles. The van der Waals surface area contributed by atoms with Gasteiger partial charge in [0, 0.05) is 31.3 Å². The number of rotatable bonds is 6. The molecular weight excluding hydrogens is 198 g/mol. The van der Waals surface area contributed by atoms with E-state index in [4.69, 9.17) is 5.11 Å². The second-order valence-electron chi connectivity index (χ2n) is 3.07. The van der Waals surface area contributed by atoms with Crippen molar-refractivity contribution >= 4 is 11.9 Å². The quantitative estimate of drug-likeness (QED) is 0.614. The molecule has 1 aromatic heterocycles. The van der Waals surface area contributed by atoms with Crippen LogP contribution in [0.15, 0.2) is 12.5 Å². The van der Waals surface area contributed by atoms with Gasteiger partial charge in [-0.15, -0.1) is 0 Å². The third kappa shape index (κ3) is 4.80. The van der Waals surface area contributed by atoms with Crippen molar-refractivity contribution in [1.29, 1.82) is 0 Å². The van der Waals surface area contributed by atoms with Gasteiger partial charge >= 0.3 is 5.97 Å². The van der Waals surface area contributed by atoms with Crippen LogP contribution in [-0.2, 0) is 16.0 Å². The predicted molar refractivity (Wildman–Crippen MR) is 52.2 cm³/mol. The lowest BCUT2D eigenvalue weighted by atomic mass is 10.3. The number of aromatic nitrogens is 2. The van der Waals surface area contributed by atoms with Gasteiger partial charge in [0.2, 0.25) is 5.91 Å². The van der Waals surface area contributed by atoms with E-state index >= 15 is 0 Å². The van der Waals surface area contributed by atoms with E-state index in [-0.39, 0.29) is 18.7 Å². The van der Waals surface area contributed by atoms with Crippen molar-refractivity contribution in [2.75, 3.05) is 6.54 Å². The van der Waals surface area contributed by atoms with Crippen molar-refractivity contribution < 1.29 is 14.7 Å². The molecule has 0 aliphatic rings. The van der Waals surface area contributed by atoms with Crippen LogP contribution in [0.2, 0.25) is 0 Å². The van der Waals surface area contributed by atoms with Gasteiger partial charge < -0.3 is 15.4 Å². The molecule has 0 fully saturated rings. The average molecular weight is 211 g/mol. The van der Waals surface area contributed by atoms with Crippen molar-refractivity contribution in [3.8, 4) is 0 Å². The molecule has 6 nitrogen and oxygen atoms in total. The zero-order valence-corrected chi connectivity index (χ0v) is 8.19. The van der Waals surface area contributed by atoms with Crippen LogP contribution in [0.25, 0.3) is 0 Å². The molecule has 0 atom stereocenters. The summed E-state index contributed by atoms with van der Waals surface area (Å²) >= 11 is 0. The van der Waals surface area contributed by atoms with Crippen molar-refractivity contribution in [3.63, 3.8) is 0 Å². The molecule has 0 aromatic carbocycles. The molecule has 6 heteroatoms. The molecule has 0 spiro atoms. The summed E-state index contributed by atoms with van der Waals surface area (Å²) < 4.78 is 0. The first-order valence-corrected chi connectivity index (χ1v) is 4.64. The number of carboxylic acid groups (broad SMARTS) is 1. The molecule has 15 heavy (non-hydrogen) atoms. The Morgan fingerprint density at radius 1 is 1.47 bits per heavy atom. The largest absolute Gasteiger partial charge is 0.481 e. The highest BCUT2D eigenvalue weighted by Crippen LogP contribution is 1.92. The fourth-order valence-electron chi connectivity index (χ4n) is 1.07. The fraction of sp³-hybridized carbons (Fsp3) is 0.444.